The molecule has 1 aliphatic heterocycles. The van der Waals surface area contributed by atoms with E-state index in [2.05, 4.69) is 85.2 Å². The van der Waals surface area contributed by atoms with Gasteiger partial charge in [0, 0.05) is 10.0 Å². The molecular formula is C23H24BrNS. The third-order valence-electron chi connectivity index (χ3n) is 5.19. The number of rotatable bonds is 2. The monoisotopic (exact) mass is 425 g/mol. The summed E-state index contributed by atoms with van der Waals surface area (Å²) >= 11 is 5.44. The molecule has 0 saturated carbocycles. The van der Waals surface area contributed by atoms with Crippen LogP contribution in [-0.2, 0) is 5.41 Å². The highest BCUT2D eigenvalue weighted by molar-refractivity contribution is 9.10. The Hall–Kier alpha value is -1.32. The van der Waals surface area contributed by atoms with Gasteiger partial charge in [0.15, 0.2) is 0 Å². The van der Waals surface area contributed by atoms with Crippen LogP contribution in [0.5, 0.6) is 0 Å². The van der Waals surface area contributed by atoms with Gasteiger partial charge in [-0.15, -0.1) is 0 Å². The molecular weight excluding hydrogens is 402 g/mol. The maximum absolute atomic E-state index is 5.19. The zero-order chi connectivity index (χ0) is 18.3. The molecule has 0 aromatic heterocycles. The van der Waals surface area contributed by atoms with Gasteiger partial charge in [-0.25, -0.2) is 0 Å². The van der Waals surface area contributed by atoms with E-state index in [4.69, 9.17) is 4.99 Å². The molecule has 0 N–H and O–H groups in total. The van der Waals surface area contributed by atoms with Crippen molar-refractivity contribution in [3.63, 3.8) is 0 Å². The van der Waals surface area contributed by atoms with Crippen LogP contribution in [0.25, 0.3) is 0 Å². The molecule has 0 spiro atoms. The Morgan fingerprint density at radius 2 is 1.65 bits per heavy atom. The summed E-state index contributed by atoms with van der Waals surface area (Å²) < 4.78 is 1.12. The Bertz CT molecular complexity index is 870. The number of nitrogens with zero attached hydrogens (tertiary/aromatic N) is 1. The summed E-state index contributed by atoms with van der Waals surface area (Å²) in [6.45, 7) is 6.77. The van der Waals surface area contributed by atoms with Crippen molar-refractivity contribution < 1.29 is 0 Å². The van der Waals surface area contributed by atoms with E-state index in [0.29, 0.717) is 0 Å². The van der Waals surface area contributed by atoms with E-state index in [1.54, 1.807) is 4.91 Å². The molecule has 1 aliphatic carbocycles. The molecule has 4 rings (SSSR count). The summed E-state index contributed by atoms with van der Waals surface area (Å²) in [6.07, 6.45) is 3.64. The van der Waals surface area contributed by atoms with Crippen LogP contribution in [0.1, 0.15) is 62.8 Å². The van der Waals surface area contributed by atoms with Gasteiger partial charge in [-0.2, -0.15) is 0 Å². The number of hydrogen-bond acceptors (Lipinski definition) is 2. The summed E-state index contributed by atoms with van der Waals surface area (Å²) in [4.78, 5) is 6.74. The van der Waals surface area contributed by atoms with Crippen LogP contribution in [-0.4, -0.2) is 5.04 Å². The zero-order valence-electron chi connectivity index (χ0n) is 15.6. The van der Waals surface area contributed by atoms with Crippen LogP contribution in [0.3, 0.4) is 0 Å². The third-order valence-corrected chi connectivity index (χ3v) is 6.96. The van der Waals surface area contributed by atoms with Crippen molar-refractivity contribution in [1.29, 1.82) is 0 Å². The van der Waals surface area contributed by atoms with Crippen LogP contribution in [0.15, 0.2) is 68.5 Å². The molecule has 2 aromatic rings. The lowest BCUT2D eigenvalue weighted by atomic mass is 9.87. The van der Waals surface area contributed by atoms with Crippen molar-refractivity contribution in [3.05, 3.63) is 80.2 Å². The zero-order valence-corrected chi connectivity index (χ0v) is 18.0. The lowest BCUT2D eigenvalue weighted by Crippen LogP contribution is -2.12. The molecule has 2 aromatic carbocycles. The van der Waals surface area contributed by atoms with E-state index in [1.165, 1.54) is 46.6 Å². The van der Waals surface area contributed by atoms with Gasteiger partial charge in [-0.1, -0.05) is 84.9 Å². The van der Waals surface area contributed by atoms with Crippen LogP contribution >= 0.6 is 27.7 Å². The SMILES string of the molecule is CC(C)(C)c1ccc(C2=NC(c3ccc(Br)cc3)C3=C(CCC3)S2)cc1. The molecule has 0 bridgehead atoms. The molecule has 0 saturated heterocycles. The van der Waals surface area contributed by atoms with Crippen LogP contribution < -0.4 is 0 Å². The summed E-state index contributed by atoms with van der Waals surface area (Å²) in [5.74, 6) is 0. The van der Waals surface area contributed by atoms with Gasteiger partial charge in [0.05, 0.1) is 6.04 Å². The lowest BCUT2D eigenvalue weighted by Gasteiger charge is -2.24. The average molecular weight is 426 g/mol. The van der Waals surface area contributed by atoms with Gasteiger partial charge in [0.1, 0.15) is 5.04 Å². The number of aliphatic imine (C=N–C) groups is 1. The smallest absolute Gasteiger partial charge is 0.103 e. The van der Waals surface area contributed by atoms with Crippen molar-refractivity contribution in [2.75, 3.05) is 0 Å². The molecule has 1 heterocycles. The molecule has 0 radical (unpaired) electrons. The second-order valence-corrected chi connectivity index (χ2v) is 10.1. The van der Waals surface area contributed by atoms with Crippen molar-refractivity contribution in [2.24, 2.45) is 4.99 Å². The largest absolute Gasteiger partial charge is 0.265 e. The molecule has 0 amide bonds. The fourth-order valence-corrected chi connectivity index (χ4v) is 5.15. The maximum Gasteiger partial charge on any atom is 0.103 e. The highest BCUT2D eigenvalue weighted by Crippen LogP contribution is 2.47. The molecule has 1 nitrogen and oxygen atoms in total. The fraction of sp³-hybridized carbons (Fsp3) is 0.348. The molecule has 0 fully saturated rings. The molecule has 1 unspecified atom stereocenters. The fourth-order valence-electron chi connectivity index (χ4n) is 3.65. The second-order valence-electron chi connectivity index (χ2n) is 8.12. The van der Waals surface area contributed by atoms with Gasteiger partial charge in [-0.05, 0) is 58.4 Å². The van der Waals surface area contributed by atoms with Gasteiger partial charge < -0.3 is 0 Å². The van der Waals surface area contributed by atoms with Crippen LogP contribution in [0.4, 0.5) is 0 Å². The topological polar surface area (TPSA) is 12.4 Å². The van der Waals surface area contributed by atoms with Gasteiger partial charge in [0.25, 0.3) is 0 Å². The van der Waals surface area contributed by atoms with E-state index in [-0.39, 0.29) is 11.5 Å². The average Bonchev–Trinajstić information content (AvgIpc) is 3.10. The summed E-state index contributed by atoms with van der Waals surface area (Å²) in [5.41, 5.74) is 5.62. The number of thioether (sulfide) groups is 1. The van der Waals surface area contributed by atoms with Crippen molar-refractivity contribution in [1.82, 2.24) is 0 Å². The van der Waals surface area contributed by atoms with Crippen molar-refractivity contribution >= 4 is 32.7 Å². The van der Waals surface area contributed by atoms with Crippen LogP contribution in [0.2, 0.25) is 0 Å². The number of benzene rings is 2. The van der Waals surface area contributed by atoms with Crippen molar-refractivity contribution in [3.8, 4) is 0 Å². The van der Waals surface area contributed by atoms with Gasteiger partial charge >= 0.3 is 0 Å². The number of hydrogen-bond donors (Lipinski definition) is 0. The van der Waals surface area contributed by atoms with Crippen LogP contribution in [0, 0.1) is 0 Å². The first-order valence-electron chi connectivity index (χ1n) is 9.26. The number of allylic oxidation sites excluding steroid dienone is 1. The Morgan fingerprint density at radius 3 is 2.31 bits per heavy atom. The van der Waals surface area contributed by atoms with E-state index in [9.17, 15) is 0 Å². The standard InChI is InChI=1S/C23H24BrNS/c1-23(2,3)17-11-7-16(8-12-17)22-25-21(15-9-13-18(24)14-10-15)19-5-4-6-20(19)26-22/h7-14,21H,4-6H2,1-3H3. The summed E-state index contributed by atoms with van der Waals surface area (Å²) in [5, 5.41) is 1.17. The Balaban J connectivity index is 1.70. The van der Waals surface area contributed by atoms with E-state index in [0.717, 1.165) is 4.47 Å². The Kier molecular flexibility index (Phi) is 4.87. The lowest BCUT2D eigenvalue weighted by molar-refractivity contribution is 0.590. The normalized spacial score (nSPS) is 20.2. The number of halogens is 1. The first kappa shape index (κ1) is 18.1. The first-order chi connectivity index (χ1) is 12.4. The predicted molar refractivity (Wildman–Crippen MR) is 117 cm³/mol. The maximum atomic E-state index is 5.19. The highest BCUT2D eigenvalue weighted by Gasteiger charge is 2.30. The molecule has 2 aliphatic rings. The van der Waals surface area contributed by atoms with Gasteiger partial charge in [-0.3, -0.25) is 4.99 Å². The first-order valence-corrected chi connectivity index (χ1v) is 10.9. The summed E-state index contributed by atoms with van der Waals surface area (Å²) in [7, 11) is 0. The summed E-state index contributed by atoms with van der Waals surface area (Å²) in [6, 6.07) is 17.8. The molecule has 26 heavy (non-hydrogen) atoms. The Morgan fingerprint density at radius 1 is 0.962 bits per heavy atom. The van der Waals surface area contributed by atoms with Gasteiger partial charge in [0.2, 0.25) is 0 Å². The molecule has 1 atom stereocenters. The van der Waals surface area contributed by atoms with Crippen molar-refractivity contribution in [2.45, 2.75) is 51.5 Å². The Labute approximate surface area is 169 Å². The minimum absolute atomic E-state index is 0.180. The van der Waals surface area contributed by atoms with E-state index >= 15 is 0 Å². The quantitative estimate of drug-likeness (QED) is 0.487. The minimum Gasteiger partial charge on any atom is -0.265 e. The predicted octanol–water partition coefficient (Wildman–Crippen LogP) is 7.42. The van der Waals surface area contributed by atoms with E-state index < -0.39 is 0 Å². The second kappa shape index (κ2) is 7.01. The minimum atomic E-state index is 0.180. The van der Waals surface area contributed by atoms with E-state index in [1.807, 2.05) is 11.8 Å². The molecule has 3 heteroatoms. The molecule has 134 valence electrons. The third kappa shape index (κ3) is 3.57. The highest BCUT2D eigenvalue weighted by atomic mass is 79.9.